The molecule has 4 nitrogen and oxygen atoms in total. The molecule has 2 heterocycles. The first-order chi connectivity index (χ1) is 33.5. The summed E-state index contributed by atoms with van der Waals surface area (Å²) in [5.74, 6) is 0.345. The zero-order chi connectivity index (χ0) is 50.8. The number of hydrogen-bond acceptors (Lipinski definition) is 3. The summed E-state index contributed by atoms with van der Waals surface area (Å²) in [4.78, 5) is 10.2. The normalized spacial score (nSPS) is 14.5. The van der Waals surface area contributed by atoms with E-state index in [2.05, 4.69) is 81.4 Å². The predicted molar refractivity (Wildman–Crippen MR) is 259 cm³/mol. The third-order valence-corrected chi connectivity index (χ3v) is 11.5. The molecule has 0 bridgehead atoms. The van der Waals surface area contributed by atoms with E-state index >= 15 is 0 Å². The molecule has 9 aromatic rings. The number of imidazole rings is 1. The van der Waals surface area contributed by atoms with Crippen LogP contribution in [-0.4, -0.2) is 19.6 Å². The Morgan fingerprint density at radius 2 is 1.22 bits per heavy atom. The van der Waals surface area contributed by atoms with Crippen LogP contribution in [0.25, 0.3) is 83.9 Å². The van der Waals surface area contributed by atoms with E-state index in [1.807, 2.05) is 85.3 Å². The molecule has 0 amide bonds. The summed E-state index contributed by atoms with van der Waals surface area (Å²) < 4.78 is 78.8. The fourth-order valence-electron chi connectivity index (χ4n) is 8.21. The van der Waals surface area contributed by atoms with E-state index in [0.717, 1.165) is 55.8 Å². The zero-order valence-electron chi connectivity index (χ0n) is 44.7. The molecule has 63 heavy (non-hydrogen) atoms. The Morgan fingerprint density at radius 3 is 1.90 bits per heavy atom. The summed E-state index contributed by atoms with van der Waals surface area (Å²) in [6.07, 6.45) is 1.81. The Balaban J connectivity index is 0.00000693. The van der Waals surface area contributed by atoms with Gasteiger partial charge in [-0.15, -0.1) is 29.3 Å². The van der Waals surface area contributed by atoms with Crippen molar-refractivity contribution in [2.75, 3.05) is 0 Å². The first-order valence-corrected chi connectivity index (χ1v) is 20.7. The molecule has 1 N–H and O–H groups in total. The number of nitrogens with zero attached hydrogens (tertiary/aromatic N) is 3. The van der Waals surface area contributed by atoms with Crippen LogP contribution >= 0.6 is 0 Å². The van der Waals surface area contributed by atoms with Gasteiger partial charge in [-0.25, -0.2) is 4.98 Å². The van der Waals surface area contributed by atoms with Crippen LogP contribution in [0.1, 0.15) is 75.9 Å². The average Bonchev–Trinajstić information content (AvgIpc) is 3.71. The van der Waals surface area contributed by atoms with E-state index < -0.39 is 26.0 Å². The van der Waals surface area contributed by atoms with Crippen LogP contribution in [0.4, 0.5) is 0 Å². The van der Waals surface area contributed by atoms with Gasteiger partial charge in [-0.3, -0.25) is 9.55 Å². The van der Waals surface area contributed by atoms with Gasteiger partial charge in [-0.2, -0.15) is 0 Å². The molecular weight excluding hydrogens is 950 g/mol. The van der Waals surface area contributed by atoms with Gasteiger partial charge in [0.1, 0.15) is 11.6 Å². The number of fused-ring (bicyclic) bond motifs is 1. The zero-order valence-corrected chi connectivity index (χ0v) is 38.0. The third-order valence-electron chi connectivity index (χ3n) is 11.5. The number of aromatic hydroxyl groups is 1. The molecular formula is C58H52N3OPt-. The van der Waals surface area contributed by atoms with Crippen LogP contribution in [0.3, 0.4) is 0 Å². The molecule has 0 saturated heterocycles. The number of hydrogen-bond donors (Lipinski definition) is 1. The summed E-state index contributed by atoms with van der Waals surface area (Å²) in [5.41, 5.74) is 8.80. The van der Waals surface area contributed by atoms with Gasteiger partial charge in [0, 0.05) is 50.9 Å². The summed E-state index contributed by atoms with van der Waals surface area (Å²) in [7, 11) is 0. The molecule has 0 aliphatic rings. The van der Waals surface area contributed by atoms with Crippen LogP contribution in [0, 0.1) is 19.9 Å². The molecule has 5 heteroatoms. The van der Waals surface area contributed by atoms with Crippen molar-refractivity contribution in [3.8, 4) is 78.6 Å². The fraction of sp³-hybridized carbons (Fsp3) is 0.172. The van der Waals surface area contributed by atoms with Gasteiger partial charge >= 0.3 is 0 Å². The maximum Gasteiger partial charge on any atom is 0.148 e. The van der Waals surface area contributed by atoms with Gasteiger partial charge in [-0.05, 0) is 99.5 Å². The Hall–Kier alpha value is -6.35. The molecule has 0 fully saturated rings. The van der Waals surface area contributed by atoms with E-state index in [1.165, 1.54) is 12.1 Å². The Kier molecular flexibility index (Phi) is 9.01. The van der Waals surface area contributed by atoms with Crippen LogP contribution in [0.15, 0.2) is 164 Å². The Labute approximate surface area is 399 Å². The molecule has 0 atom stereocenters. The second kappa shape index (κ2) is 17.1. The molecule has 0 aliphatic carbocycles. The second-order valence-corrected chi connectivity index (χ2v) is 17.1. The number of phenolic OH excluding ortho intramolecular Hbond substituents is 1. The number of rotatable bonds is 7. The third kappa shape index (κ3) is 8.58. The number of aromatic nitrogens is 3. The summed E-state index contributed by atoms with van der Waals surface area (Å²) in [5, 5.41) is 11.9. The van der Waals surface area contributed by atoms with E-state index in [1.54, 1.807) is 30.3 Å². The van der Waals surface area contributed by atoms with Crippen molar-refractivity contribution >= 4 is 11.0 Å². The molecule has 0 aliphatic heterocycles. The van der Waals surface area contributed by atoms with Gasteiger partial charge in [0.05, 0.1) is 22.3 Å². The van der Waals surface area contributed by atoms with Gasteiger partial charge in [0.25, 0.3) is 0 Å². The quantitative estimate of drug-likeness (QED) is 0.162. The summed E-state index contributed by atoms with van der Waals surface area (Å²) in [6.45, 7) is -0.248. The largest absolute Gasteiger partial charge is 0.507 e. The van der Waals surface area contributed by atoms with E-state index in [-0.39, 0.29) is 37.8 Å². The first kappa shape index (κ1) is 33.2. The maximum absolute atomic E-state index is 11.9. The van der Waals surface area contributed by atoms with Crippen molar-refractivity contribution in [3.05, 3.63) is 192 Å². The van der Waals surface area contributed by atoms with Crippen molar-refractivity contribution in [1.29, 1.82) is 0 Å². The molecule has 9 rings (SSSR count). The minimum absolute atomic E-state index is 0. The molecule has 316 valence electrons. The molecule has 0 spiro atoms. The predicted octanol–water partition coefficient (Wildman–Crippen LogP) is 15.1. The van der Waals surface area contributed by atoms with E-state index in [0.29, 0.717) is 44.8 Å². The second-order valence-electron chi connectivity index (χ2n) is 17.1. The number of pyridine rings is 1. The number of benzene rings is 7. The van der Waals surface area contributed by atoms with E-state index in [9.17, 15) is 5.11 Å². The summed E-state index contributed by atoms with van der Waals surface area (Å²) >= 11 is 0. The standard InChI is InChI=1S/C58H52N3O.Pt/c1-37-30-38(2)55(62)50(31-37)56-60-54-48(20-15-21-53(54)61(56)52-27-26-46(57(3,4)5)36-49(52)42-18-13-10-14-19-42)44-32-45(34-47(33-44)58(6,7)8)51-35-43(28-29-59-51)41-24-22-40(23-25-41)39-16-11-9-12-17-39;/h9-31,33-36,62H,1-8H3;/q-1;/i3D3,4D3,5D3;. The van der Waals surface area contributed by atoms with Crippen molar-refractivity contribution in [2.45, 2.75) is 66.0 Å². The van der Waals surface area contributed by atoms with Crippen LogP contribution in [0.5, 0.6) is 5.75 Å². The van der Waals surface area contributed by atoms with Crippen LogP contribution < -0.4 is 0 Å². The first-order valence-electron chi connectivity index (χ1n) is 25.2. The Bertz CT molecular complexity index is 3410. The van der Waals surface area contributed by atoms with Crippen molar-refractivity contribution in [1.82, 2.24) is 14.5 Å². The van der Waals surface area contributed by atoms with Crippen LogP contribution in [0.2, 0.25) is 0 Å². The SMILES string of the molecule is [2H]C([2H])([2H])C(c1ccc(-n2c(-c3cc(C)cc(C)c3O)nc3c(-c4[c-]c(-c5cc(-c6ccc(-c7ccccc7)cc6)ccn5)cc(C(C)(C)C)c4)cccc32)c(-c2ccccc2)c1)(C([2H])([2H])[2H])C([2H])([2H])[2H].[Pt]. The van der Waals surface area contributed by atoms with Gasteiger partial charge < -0.3 is 5.11 Å². The van der Waals surface area contributed by atoms with Gasteiger partial charge in [0.15, 0.2) is 0 Å². The van der Waals surface area contributed by atoms with E-state index in [4.69, 9.17) is 22.3 Å². The average molecular weight is 1010 g/mol. The molecule has 0 radical (unpaired) electrons. The van der Waals surface area contributed by atoms with Crippen molar-refractivity contribution in [3.63, 3.8) is 0 Å². The summed E-state index contributed by atoms with van der Waals surface area (Å²) in [6, 6.07) is 53.5. The maximum atomic E-state index is 11.9. The Morgan fingerprint density at radius 1 is 0.571 bits per heavy atom. The van der Waals surface area contributed by atoms with Gasteiger partial charge in [-0.1, -0.05) is 168 Å². The molecule has 0 saturated carbocycles. The smallest absolute Gasteiger partial charge is 0.148 e. The minimum atomic E-state index is -3.48. The number of phenols is 1. The van der Waals surface area contributed by atoms with Gasteiger partial charge in [0.2, 0.25) is 0 Å². The van der Waals surface area contributed by atoms with Crippen molar-refractivity contribution < 1.29 is 38.5 Å². The molecule has 0 unspecified atom stereocenters. The van der Waals surface area contributed by atoms with Crippen LogP contribution in [-0.2, 0) is 31.9 Å². The fourth-order valence-corrected chi connectivity index (χ4v) is 8.21. The number of aryl methyl sites for hydroxylation is 2. The minimum Gasteiger partial charge on any atom is -0.507 e. The van der Waals surface area contributed by atoms with Crippen molar-refractivity contribution in [2.24, 2.45) is 0 Å². The molecule has 2 aromatic heterocycles. The molecule has 7 aromatic carbocycles. The monoisotopic (exact) mass is 1010 g/mol. The number of para-hydroxylation sites is 1. The topological polar surface area (TPSA) is 50.9 Å².